The van der Waals surface area contributed by atoms with Crippen molar-refractivity contribution in [1.29, 1.82) is 0 Å². The zero-order chi connectivity index (χ0) is 12.4. The minimum Gasteiger partial charge on any atom is -0.252 e. The lowest BCUT2D eigenvalue weighted by Crippen LogP contribution is -1.99. The lowest BCUT2D eigenvalue weighted by molar-refractivity contribution is 1.03. The molecular formula is C13H14ClN3. The molecule has 2 aromatic rings. The van der Waals surface area contributed by atoms with Crippen molar-refractivity contribution < 1.29 is 0 Å². The van der Waals surface area contributed by atoms with Gasteiger partial charge in [-0.1, -0.05) is 6.07 Å². The first-order chi connectivity index (χ1) is 8.10. The Morgan fingerprint density at radius 2 is 1.88 bits per heavy atom. The van der Waals surface area contributed by atoms with Gasteiger partial charge in [-0.05, 0) is 38.0 Å². The molecule has 0 spiro atoms. The lowest BCUT2D eigenvalue weighted by atomic mass is 10.1. The Labute approximate surface area is 106 Å². The fourth-order valence-corrected chi connectivity index (χ4v) is 1.89. The van der Waals surface area contributed by atoms with E-state index < -0.39 is 0 Å². The van der Waals surface area contributed by atoms with E-state index in [0.717, 1.165) is 28.2 Å². The van der Waals surface area contributed by atoms with Gasteiger partial charge in [0.15, 0.2) is 5.82 Å². The highest BCUT2D eigenvalue weighted by Crippen LogP contribution is 2.19. The zero-order valence-corrected chi connectivity index (χ0v) is 10.9. The predicted octanol–water partition coefficient (Wildman–Crippen LogP) is 3.20. The van der Waals surface area contributed by atoms with Gasteiger partial charge in [-0.2, -0.15) is 0 Å². The number of halogens is 1. The number of alkyl halides is 1. The standard InChI is InChI=1S/C13H14ClN3/c1-8-4-9(2)12(15-7-8)13-16-10(3)5-11(6-14)17-13/h4-5,7H,6H2,1-3H3. The Morgan fingerprint density at radius 1 is 1.12 bits per heavy atom. The molecule has 0 amide bonds. The molecule has 0 atom stereocenters. The van der Waals surface area contributed by atoms with E-state index in [9.17, 15) is 0 Å². The monoisotopic (exact) mass is 247 g/mol. The van der Waals surface area contributed by atoms with E-state index in [4.69, 9.17) is 11.6 Å². The van der Waals surface area contributed by atoms with E-state index in [1.807, 2.05) is 33.0 Å². The smallest absolute Gasteiger partial charge is 0.178 e. The van der Waals surface area contributed by atoms with Crippen LogP contribution in [0.15, 0.2) is 18.3 Å². The third-order valence-corrected chi connectivity index (χ3v) is 2.74. The third-order valence-electron chi connectivity index (χ3n) is 2.47. The van der Waals surface area contributed by atoms with Gasteiger partial charge in [-0.25, -0.2) is 9.97 Å². The topological polar surface area (TPSA) is 38.7 Å². The van der Waals surface area contributed by atoms with E-state index >= 15 is 0 Å². The molecule has 2 heterocycles. The number of rotatable bonds is 2. The average molecular weight is 248 g/mol. The minimum atomic E-state index is 0.390. The van der Waals surface area contributed by atoms with Gasteiger partial charge in [-0.15, -0.1) is 11.6 Å². The quantitative estimate of drug-likeness (QED) is 0.765. The van der Waals surface area contributed by atoms with Crippen molar-refractivity contribution in [3.8, 4) is 11.5 Å². The molecule has 17 heavy (non-hydrogen) atoms. The van der Waals surface area contributed by atoms with Crippen molar-refractivity contribution in [2.24, 2.45) is 0 Å². The molecular weight excluding hydrogens is 234 g/mol. The number of aryl methyl sites for hydroxylation is 3. The van der Waals surface area contributed by atoms with Crippen LogP contribution in [0.3, 0.4) is 0 Å². The first kappa shape index (κ1) is 12.0. The predicted molar refractivity (Wildman–Crippen MR) is 69.0 cm³/mol. The van der Waals surface area contributed by atoms with Gasteiger partial charge in [0.25, 0.3) is 0 Å². The summed E-state index contributed by atoms with van der Waals surface area (Å²) in [6, 6.07) is 3.97. The van der Waals surface area contributed by atoms with Crippen LogP contribution in [0.4, 0.5) is 0 Å². The second-order valence-corrected chi connectivity index (χ2v) is 4.40. The van der Waals surface area contributed by atoms with Gasteiger partial charge in [0.2, 0.25) is 0 Å². The molecule has 2 rings (SSSR count). The number of aromatic nitrogens is 3. The third kappa shape index (κ3) is 2.61. The highest BCUT2D eigenvalue weighted by molar-refractivity contribution is 6.16. The van der Waals surface area contributed by atoms with E-state index in [-0.39, 0.29) is 0 Å². The molecule has 0 aliphatic rings. The largest absolute Gasteiger partial charge is 0.252 e. The van der Waals surface area contributed by atoms with Crippen LogP contribution in [0.25, 0.3) is 11.5 Å². The van der Waals surface area contributed by atoms with Crippen LogP contribution >= 0.6 is 11.6 Å². The van der Waals surface area contributed by atoms with Crippen LogP contribution < -0.4 is 0 Å². The molecule has 0 N–H and O–H groups in total. The number of hydrogen-bond donors (Lipinski definition) is 0. The molecule has 0 saturated carbocycles. The summed E-state index contributed by atoms with van der Waals surface area (Å²) in [5.74, 6) is 1.04. The van der Waals surface area contributed by atoms with Crippen LogP contribution in [0.5, 0.6) is 0 Å². The number of hydrogen-bond acceptors (Lipinski definition) is 3. The number of pyridine rings is 1. The van der Waals surface area contributed by atoms with Gasteiger partial charge in [0.05, 0.1) is 11.6 Å². The number of nitrogens with zero attached hydrogens (tertiary/aromatic N) is 3. The summed E-state index contributed by atoms with van der Waals surface area (Å²) in [6.45, 7) is 5.97. The van der Waals surface area contributed by atoms with Crippen molar-refractivity contribution in [1.82, 2.24) is 15.0 Å². The first-order valence-corrected chi connectivity index (χ1v) is 5.97. The Kier molecular flexibility index (Phi) is 3.38. The summed E-state index contributed by atoms with van der Waals surface area (Å²) in [5, 5.41) is 0. The van der Waals surface area contributed by atoms with Gasteiger partial charge >= 0.3 is 0 Å². The van der Waals surface area contributed by atoms with Crippen LogP contribution in [0, 0.1) is 20.8 Å². The maximum Gasteiger partial charge on any atom is 0.178 e. The second kappa shape index (κ2) is 4.80. The van der Waals surface area contributed by atoms with E-state index in [1.54, 1.807) is 0 Å². The maximum atomic E-state index is 5.81. The van der Waals surface area contributed by atoms with E-state index in [0.29, 0.717) is 11.7 Å². The Balaban J connectivity index is 2.55. The fourth-order valence-electron chi connectivity index (χ4n) is 1.76. The molecule has 0 radical (unpaired) electrons. The van der Waals surface area contributed by atoms with Crippen LogP contribution in [0.1, 0.15) is 22.5 Å². The fraction of sp³-hybridized carbons (Fsp3) is 0.308. The summed E-state index contributed by atoms with van der Waals surface area (Å²) >= 11 is 5.81. The van der Waals surface area contributed by atoms with Crippen LogP contribution in [-0.4, -0.2) is 15.0 Å². The molecule has 88 valence electrons. The zero-order valence-electron chi connectivity index (χ0n) is 10.2. The molecule has 0 bridgehead atoms. The Hall–Kier alpha value is -1.48. The molecule has 0 aromatic carbocycles. The molecule has 0 aliphatic heterocycles. The molecule has 3 nitrogen and oxygen atoms in total. The Bertz CT molecular complexity index is 552. The van der Waals surface area contributed by atoms with Crippen LogP contribution in [-0.2, 0) is 5.88 Å². The molecule has 0 unspecified atom stereocenters. The van der Waals surface area contributed by atoms with E-state index in [1.165, 1.54) is 0 Å². The molecule has 0 saturated heterocycles. The SMILES string of the molecule is Cc1cnc(-c2nc(C)cc(CCl)n2)c(C)c1. The molecule has 0 fully saturated rings. The van der Waals surface area contributed by atoms with Crippen molar-refractivity contribution in [2.75, 3.05) is 0 Å². The summed E-state index contributed by atoms with van der Waals surface area (Å²) < 4.78 is 0. The summed E-state index contributed by atoms with van der Waals surface area (Å²) in [4.78, 5) is 13.2. The van der Waals surface area contributed by atoms with Gasteiger partial charge in [0.1, 0.15) is 5.69 Å². The van der Waals surface area contributed by atoms with Gasteiger partial charge in [-0.3, -0.25) is 4.98 Å². The average Bonchev–Trinajstić information content (AvgIpc) is 2.28. The van der Waals surface area contributed by atoms with Crippen molar-refractivity contribution in [3.05, 3.63) is 40.8 Å². The highest BCUT2D eigenvalue weighted by atomic mass is 35.5. The Morgan fingerprint density at radius 3 is 2.53 bits per heavy atom. The second-order valence-electron chi connectivity index (χ2n) is 4.14. The van der Waals surface area contributed by atoms with Gasteiger partial charge in [0, 0.05) is 11.9 Å². The van der Waals surface area contributed by atoms with E-state index in [2.05, 4.69) is 21.0 Å². The first-order valence-electron chi connectivity index (χ1n) is 5.44. The summed E-state index contributed by atoms with van der Waals surface area (Å²) in [5.41, 5.74) is 4.78. The lowest BCUT2D eigenvalue weighted by Gasteiger charge is -2.06. The summed E-state index contributed by atoms with van der Waals surface area (Å²) in [6.07, 6.45) is 1.83. The highest BCUT2D eigenvalue weighted by Gasteiger charge is 2.09. The molecule has 4 heteroatoms. The van der Waals surface area contributed by atoms with Gasteiger partial charge < -0.3 is 0 Å². The minimum absolute atomic E-state index is 0.390. The van der Waals surface area contributed by atoms with Crippen molar-refractivity contribution >= 4 is 11.6 Å². The molecule has 2 aromatic heterocycles. The summed E-state index contributed by atoms with van der Waals surface area (Å²) in [7, 11) is 0. The van der Waals surface area contributed by atoms with Crippen molar-refractivity contribution in [2.45, 2.75) is 26.7 Å². The van der Waals surface area contributed by atoms with Crippen molar-refractivity contribution in [3.63, 3.8) is 0 Å². The maximum absolute atomic E-state index is 5.81. The van der Waals surface area contributed by atoms with Crippen LogP contribution in [0.2, 0.25) is 0 Å². The molecule has 0 aliphatic carbocycles. The normalized spacial score (nSPS) is 10.6.